The lowest BCUT2D eigenvalue weighted by Crippen LogP contribution is -2.45. The van der Waals surface area contributed by atoms with Crippen LogP contribution < -0.4 is 5.32 Å². The van der Waals surface area contributed by atoms with Gasteiger partial charge in [-0.05, 0) is 24.1 Å². The van der Waals surface area contributed by atoms with Gasteiger partial charge >= 0.3 is 0 Å². The fourth-order valence-corrected chi connectivity index (χ4v) is 2.88. The monoisotopic (exact) mass is 267 g/mol. The van der Waals surface area contributed by atoms with Crippen molar-refractivity contribution in [1.29, 1.82) is 0 Å². The van der Waals surface area contributed by atoms with Crippen LogP contribution in [-0.4, -0.2) is 29.5 Å². The van der Waals surface area contributed by atoms with Crippen molar-refractivity contribution in [3.63, 3.8) is 0 Å². The van der Waals surface area contributed by atoms with E-state index in [1.165, 1.54) is 16.7 Å². The molecule has 0 aliphatic carbocycles. The van der Waals surface area contributed by atoms with Gasteiger partial charge in [0.15, 0.2) is 0 Å². The maximum Gasteiger partial charge on any atom is 0.0491 e. The molecule has 1 unspecified atom stereocenters. The maximum atomic E-state index is 4.26. The fourth-order valence-electron chi connectivity index (χ4n) is 2.88. The minimum Gasteiger partial charge on any atom is -0.314 e. The summed E-state index contributed by atoms with van der Waals surface area (Å²) in [6.07, 6.45) is 3.82. The smallest absolute Gasteiger partial charge is 0.0491 e. The van der Waals surface area contributed by atoms with E-state index in [1.54, 1.807) is 0 Å². The zero-order valence-electron chi connectivity index (χ0n) is 11.9. The van der Waals surface area contributed by atoms with Gasteiger partial charge in [0.05, 0.1) is 0 Å². The number of nitrogens with zero attached hydrogens (tertiary/aromatic N) is 2. The topological polar surface area (TPSA) is 28.2 Å². The Morgan fingerprint density at radius 1 is 1.30 bits per heavy atom. The summed E-state index contributed by atoms with van der Waals surface area (Å²) < 4.78 is 0. The summed E-state index contributed by atoms with van der Waals surface area (Å²) in [6.45, 7) is 6.29. The molecule has 0 spiro atoms. The van der Waals surface area contributed by atoms with Gasteiger partial charge in [0.25, 0.3) is 0 Å². The van der Waals surface area contributed by atoms with Crippen LogP contribution >= 0.6 is 0 Å². The van der Waals surface area contributed by atoms with Crippen LogP contribution in [0.25, 0.3) is 0 Å². The third kappa shape index (κ3) is 3.06. The molecule has 0 saturated carbocycles. The number of pyridine rings is 1. The number of hydrogen-bond donors (Lipinski definition) is 1. The largest absolute Gasteiger partial charge is 0.314 e. The lowest BCUT2D eigenvalue weighted by atomic mass is 10.0. The SMILES string of the molecule is Cc1cccc(CN2CCNCC2c2cccnc2)c1. The Morgan fingerprint density at radius 2 is 2.25 bits per heavy atom. The van der Waals surface area contributed by atoms with Gasteiger partial charge in [-0.25, -0.2) is 0 Å². The van der Waals surface area contributed by atoms with Crippen LogP contribution in [0.3, 0.4) is 0 Å². The average Bonchev–Trinajstić information content (AvgIpc) is 2.49. The molecule has 1 aromatic carbocycles. The molecule has 1 aliphatic rings. The van der Waals surface area contributed by atoms with E-state index in [-0.39, 0.29) is 0 Å². The molecule has 1 N–H and O–H groups in total. The molecule has 0 amide bonds. The van der Waals surface area contributed by atoms with Gasteiger partial charge in [-0.3, -0.25) is 9.88 Å². The fraction of sp³-hybridized carbons (Fsp3) is 0.353. The summed E-state index contributed by atoms with van der Waals surface area (Å²) in [5.41, 5.74) is 4.02. The van der Waals surface area contributed by atoms with Crippen molar-refractivity contribution in [2.24, 2.45) is 0 Å². The summed E-state index contributed by atoms with van der Waals surface area (Å²) in [4.78, 5) is 6.80. The molecule has 1 aromatic heterocycles. The number of benzene rings is 1. The number of aromatic nitrogens is 1. The Balaban J connectivity index is 1.79. The number of nitrogens with one attached hydrogen (secondary N) is 1. The summed E-state index contributed by atoms with van der Waals surface area (Å²) in [6, 6.07) is 13.4. The molecular formula is C17H21N3. The van der Waals surface area contributed by atoms with Crippen LogP contribution in [0.5, 0.6) is 0 Å². The lowest BCUT2D eigenvalue weighted by molar-refractivity contribution is 0.153. The van der Waals surface area contributed by atoms with Crippen LogP contribution in [0.15, 0.2) is 48.8 Å². The van der Waals surface area contributed by atoms with Gasteiger partial charge in [-0.15, -0.1) is 0 Å². The minimum absolute atomic E-state index is 0.415. The van der Waals surface area contributed by atoms with Gasteiger partial charge in [0.1, 0.15) is 0 Å². The first kappa shape index (κ1) is 13.3. The van der Waals surface area contributed by atoms with Crippen LogP contribution in [0.2, 0.25) is 0 Å². The highest BCUT2D eigenvalue weighted by Gasteiger charge is 2.23. The molecular weight excluding hydrogens is 246 g/mol. The second kappa shape index (κ2) is 6.16. The van der Waals surface area contributed by atoms with Gasteiger partial charge < -0.3 is 5.32 Å². The van der Waals surface area contributed by atoms with E-state index in [9.17, 15) is 0 Å². The Hall–Kier alpha value is -1.71. The van der Waals surface area contributed by atoms with E-state index < -0.39 is 0 Å². The van der Waals surface area contributed by atoms with Crippen molar-refractivity contribution in [2.45, 2.75) is 19.5 Å². The van der Waals surface area contributed by atoms with Crippen LogP contribution in [0, 0.1) is 6.92 Å². The molecule has 1 atom stereocenters. The van der Waals surface area contributed by atoms with Crippen LogP contribution in [0.4, 0.5) is 0 Å². The zero-order valence-corrected chi connectivity index (χ0v) is 11.9. The Morgan fingerprint density at radius 3 is 3.05 bits per heavy atom. The third-order valence-electron chi connectivity index (χ3n) is 3.89. The van der Waals surface area contributed by atoms with E-state index in [0.29, 0.717) is 6.04 Å². The van der Waals surface area contributed by atoms with Gasteiger partial charge in [0, 0.05) is 44.6 Å². The first-order valence-corrected chi connectivity index (χ1v) is 7.23. The van der Waals surface area contributed by atoms with Crippen molar-refractivity contribution in [3.05, 3.63) is 65.5 Å². The predicted molar refractivity (Wildman–Crippen MR) is 81.4 cm³/mol. The molecule has 1 aliphatic heterocycles. The minimum atomic E-state index is 0.415. The molecule has 3 heteroatoms. The first-order valence-electron chi connectivity index (χ1n) is 7.23. The summed E-state index contributed by atoms with van der Waals surface area (Å²) in [5.74, 6) is 0. The molecule has 0 bridgehead atoms. The highest BCUT2D eigenvalue weighted by Crippen LogP contribution is 2.23. The molecule has 3 nitrogen and oxygen atoms in total. The number of rotatable bonds is 3. The number of hydrogen-bond acceptors (Lipinski definition) is 3. The molecule has 2 aromatic rings. The average molecular weight is 267 g/mol. The first-order chi connectivity index (χ1) is 9.83. The van der Waals surface area contributed by atoms with Crippen LogP contribution in [0.1, 0.15) is 22.7 Å². The normalized spacial score (nSPS) is 19.9. The van der Waals surface area contributed by atoms with Gasteiger partial charge in [0.2, 0.25) is 0 Å². The van der Waals surface area contributed by atoms with Crippen molar-refractivity contribution in [2.75, 3.05) is 19.6 Å². The van der Waals surface area contributed by atoms with Gasteiger partial charge in [-0.1, -0.05) is 35.9 Å². The molecule has 3 rings (SSSR count). The second-order valence-corrected chi connectivity index (χ2v) is 5.47. The zero-order chi connectivity index (χ0) is 13.8. The molecule has 1 saturated heterocycles. The predicted octanol–water partition coefficient (Wildman–Crippen LogP) is 2.54. The molecule has 1 fully saturated rings. The molecule has 20 heavy (non-hydrogen) atoms. The Labute approximate surface area is 120 Å². The van der Waals surface area contributed by atoms with Crippen molar-refractivity contribution in [3.8, 4) is 0 Å². The van der Waals surface area contributed by atoms with Crippen molar-refractivity contribution >= 4 is 0 Å². The molecule has 0 radical (unpaired) electrons. The number of aryl methyl sites for hydroxylation is 1. The van der Waals surface area contributed by atoms with Crippen molar-refractivity contribution < 1.29 is 0 Å². The summed E-state index contributed by atoms with van der Waals surface area (Å²) in [5, 5.41) is 3.49. The van der Waals surface area contributed by atoms with E-state index in [4.69, 9.17) is 0 Å². The summed E-state index contributed by atoms with van der Waals surface area (Å²) >= 11 is 0. The van der Waals surface area contributed by atoms with E-state index in [1.807, 2.05) is 18.5 Å². The maximum absolute atomic E-state index is 4.26. The standard InChI is InChI=1S/C17H21N3/c1-14-4-2-5-15(10-14)13-20-9-8-19-12-17(20)16-6-3-7-18-11-16/h2-7,10-11,17,19H,8-9,12-13H2,1H3. The number of piperazine rings is 1. The van der Waals surface area contributed by atoms with Crippen LogP contribution in [-0.2, 0) is 6.54 Å². The Bertz CT molecular complexity index is 553. The van der Waals surface area contributed by atoms with Gasteiger partial charge in [-0.2, -0.15) is 0 Å². The molecule has 2 heterocycles. The van der Waals surface area contributed by atoms with E-state index in [2.05, 4.69) is 52.5 Å². The van der Waals surface area contributed by atoms with Crippen molar-refractivity contribution in [1.82, 2.24) is 15.2 Å². The quantitative estimate of drug-likeness (QED) is 0.926. The highest BCUT2D eigenvalue weighted by atomic mass is 15.2. The lowest BCUT2D eigenvalue weighted by Gasteiger charge is -2.36. The second-order valence-electron chi connectivity index (χ2n) is 5.47. The highest BCUT2D eigenvalue weighted by molar-refractivity contribution is 5.23. The Kier molecular flexibility index (Phi) is 4.09. The van der Waals surface area contributed by atoms with E-state index in [0.717, 1.165) is 26.2 Å². The van der Waals surface area contributed by atoms with E-state index >= 15 is 0 Å². The molecule has 104 valence electrons. The third-order valence-corrected chi connectivity index (χ3v) is 3.89. The summed E-state index contributed by atoms with van der Waals surface area (Å²) in [7, 11) is 0.